The van der Waals surface area contributed by atoms with Crippen molar-refractivity contribution in [3.63, 3.8) is 0 Å². The Morgan fingerprint density at radius 1 is 0.920 bits per heavy atom. The van der Waals surface area contributed by atoms with Gasteiger partial charge in [-0.05, 0) is 36.1 Å². The van der Waals surface area contributed by atoms with Gasteiger partial charge in [0.1, 0.15) is 0 Å². The van der Waals surface area contributed by atoms with Gasteiger partial charge in [0, 0.05) is 31.3 Å². The molecule has 0 aromatic heterocycles. The number of benzene rings is 2. The number of amides is 2. The van der Waals surface area contributed by atoms with Gasteiger partial charge < -0.3 is 10.2 Å². The van der Waals surface area contributed by atoms with E-state index >= 15 is 0 Å². The van der Waals surface area contributed by atoms with Gasteiger partial charge >= 0.3 is 0 Å². The molecule has 4 heteroatoms. The van der Waals surface area contributed by atoms with Crippen molar-refractivity contribution in [1.29, 1.82) is 0 Å². The number of hydrogen-bond acceptors (Lipinski definition) is 2. The Bertz CT molecular complexity index is 740. The van der Waals surface area contributed by atoms with Crippen LogP contribution in [0.3, 0.4) is 0 Å². The van der Waals surface area contributed by atoms with Crippen molar-refractivity contribution in [1.82, 2.24) is 0 Å². The van der Waals surface area contributed by atoms with Gasteiger partial charge in [0.25, 0.3) is 0 Å². The van der Waals surface area contributed by atoms with E-state index < -0.39 is 0 Å². The van der Waals surface area contributed by atoms with Crippen LogP contribution in [0.1, 0.15) is 38.3 Å². The summed E-state index contributed by atoms with van der Waals surface area (Å²) in [4.78, 5) is 26.1. The molecule has 0 heterocycles. The summed E-state index contributed by atoms with van der Waals surface area (Å²) in [5.74, 6) is -0.135. The van der Waals surface area contributed by atoms with E-state index in [9.17, 15) is 9.59 Å². The van der Waals surface area contributed by atoms with Crippen molar-refractivity contribution < 1.29 is 9.59 Å². The van der Waals surface area contributed by atoms with E-state index in [1.54, 1.807) is 4.90 Å². The summed E-state index contributed by atoms with van der Waals surface area (Å²) in [6, 6.07) is 15.6. The lowest BCUT2D eigenvalue weighted by atomic mass is 10.1. The van der Waals surface area contributed by atoms with Crippen LogP contribution in [0.25, 0.3) is 0 Å². The molecule has 0 atom stereocenters. The first kappa shape index (κ1) is 18.7. The fraction of sp³-hybridized carbons (Fsp3) is 0.333. The zero-order chi connectivity index (χ0) is 18.2. The lowest BCUT2D eigenvalue weighted by Crippen LogP contribution is -2.32. The molecule has 0 saturated carbocycles. The third-order valence-corrected chi connectivity index (χ3v) is 4.28. The number of aryl methyl sites for hydroxylation is 2. The van der Waals surface area contributed by atoms with Crippen molar-refractivity contribution in [2.45, 2.75) is 40.0 Å². The minimum Gasteiger partial charge on any atom is -0.326 e. The molecular weight excluding hydrogens is 312 g/mol. The SMILES string of the molecule is CCc1ccccc1NC(=O)CCN(C(C)=O)c1ccccc1CC. The van der Waals surface area contributed by atoms with Gasteiger partial charge in [-0.2, -0.15) is 0 Å². The van der Waals surface area contributed by atoms with Crippen LogP contribution in [0, 0.1) is 0 Å². The minimum absolute atomic E-state index is 0.0531. The first-order valence-corrected chi connectivity index (χ1v) is 8.80. The molecule has 0 aliphatic heterocycles. The van der Waals surface area contributed by atoms with Gasteiger partial charge in [-0.25, -0.2) is 0 Å². The summed E-state index contributed by atoms with van der Waals surface area (Å²) < 4.78 is 0. The second kappa shape index (κ2) is 9.02. The van der Waals surface area contributed by atoms with E-state index in [2.05, 4.69) is 19.2 Å². The maximum Gasteiger partial charge on any atom is 0.226 e. The maximum atomic E-state index is 12.3. The zero-order valence-corrected chi connectivity index (χ0v) is 15.2. The molecule has 2 rings (SSSR count). The van der Waals surface area contributed by atoms with Gasteiger partial charge in [0.2, 0.25) is 11.8 Å². The maximum absolute atomic E-state index is 12.3. The molecule has 2 amide bonds. The fourth-order valence-electron chi connectivity index (χ4n) is 2.90. The first-order chi connectivity index (χ1) is 12.1. The number of carbonyl (C=O) groups excluding carboxylic acids is 2. The number of carbonyl (C=O) groups is 2. The van der Waals surface area contributed by atoms with Crippen LogP contribution >= 0.6 is 0 Å². The average Bonchev–Trinajstić information content (AvgIpc) is 2.62. The highest BCUT2D eigenvalue weighted by Gasteiger charge is 2.16. The van der Waals surface area contributed by atoms with E-state index in [-0.39, 0.29) is 18.2 Å². The van der Waals surface area contributed by atoms with Crippen LogP contribution in [0.15, 0.2) is 48.5 Å². The van der Waals surface area contributed by atoms with Gasteiger partial charge in [0.15, 0.2) is 0 Å². The lowest BCUT2D eigenvalue weighted by Gasteiger charge is -2.23. The average molecular weight is 338 g/mol. The molecule has 2 aromatic rings. The topological polar surface area (TPSA) is 49.4 Å². The van der Waals surface area contributed by atoms with Crippen LogP contribution in [0.5, 0.6) is 0 Å². The molecule has 0 bridgehead atoms. The number of anilines is 2. The summed E-state index contributed by atoms with van der Waals surface area (Å²) in [7, 11) is 0. The van der Waals surface area contributed by atoms with E-state index in [0.717, 1.165) is 35.3 Å². The molecule has 0 spiro atoms. The number of nitrogens with one attached hydrogen (secondary N) is 1. The lowest BCUT2D eigenvalue weighted by molar-refractivity contribution is -0.117. The van der Waals surface area contributed by atoms with Crippen LogP contribution < -0.4 is 10.2 Å². The number of hydrogen-bond donors (Lipinski definition) is 1. The van der Waals surface area contributed by atoms with Crippen molar-refractivity contribution >= 4 is 23.2 Å². The smallest absolute Gasteiger partial charge is 0.226 e. The Balaban J connectivity index is 2.06. The predicted octanol–water partition coefficient (Wildman–Crippen LogP) is 4.19. The van der Waals surface area contributed by atoms with E-state index in [0.29, 0.717) is 6.54 Å². The van der Waals surface area contributed by atoms with Crippen LogP contribution in [0.4, 0.5) is 11.4 Å². The molecular formula is C21H26N2O2. The summed E-state index contributed by atoms with van der Waals surface area (Å²) in [5, 5.41) is 2.96. The van der Waals surface area contributed by atoms with E-state index in [1.165, 1.54) is 6.92 Å². The summed E-state index contributed by atoms with van der Waals surface area (Å²) in [5.41, 5.74) is 3.95. The standard InChI is InChI=1S/C21H26N2O2/c1-4-17-10-6-8-12-19(17)22-21(25)14-15-23(16(3)24)20-13-9-7-11-18(20)5-2/h6-13H,4-5,14-15H2,1-3H3,(H,22,25). The van der Waals surface area contributed by atoms with Crippen molar-refractivity contribution in [3.8, 4) is 0 Å². The third-order valence-electron chi connectivity index (χ3n) is 4.28. The molecule has 25 heavy (non-hydrogen) atoms. The Kier molecular flexibility index (Phi) is 6.75. The van der Waals surface area contributed by atoms with Crippen LogP contribution in [-0.4, -0.2) is 18.4 Å². The summed E-state index contributed by atoms with van der Waals surface area (Å²) in [6.45, 7) is 6.03. The molecule has 4 nitrogen and oxygen atoms in total. The zero-order valence-electron chi connectivity index (χ0n) is 15.2. The molecule has 132 valence electrons. The minimum atomic E-state index is -0.0823. The summed E-state index contributed by atoms with van der Waals surface area (Å²) in [6.07, 6.45) is 1.96. The Morgan fingerprint density at radius 2 is 1.52 bits per heavy atom. The van der Waals surface area contributed by atoms with E-state index in [4.69, 9.17) is 0 Å². The van der Waals surface area contributed by atoms with Crippen LogP contribution in [0.2, 0.25) is 0 Å². The molecule has 1 N–H and O–H groups in total. The largest absolute Gasteiger partial charge is 0.326 e. The van der Waals surface area contributed by atoms with Gasteiger partial charge in [-0.3, -0.25) is 9.59 Å². The Morgan fingerprint density at radius 3 is 2.16 bits per heavy atom. The molecule has 0 unspecified atom stereocenters. The van der Waals surface area contributed by atoms with E-state index in [1.807, 2.05) is 48.5 Å². The first-order valence-electron chi connectivity index (χ1n) is 8.80. The van der Waals surface area contributed by atoms with Gasteiger partial charge in [-0.1, -0.05) is 50.2 Å². The van der Waals surface area contributed by atoms with Crippen molar-refractivity contribution in [3.05, 3.63) is 59.7 Å². The second-order valence-electron chi connectivity index (χ2n) is 5.96. The number of rotatable bonds is 7. The van der Waals surface area contributed by atoms with Crippen molar-refractivity contribution in [2.24, 2.45) is 0 Å². The van der Waals surface area contributed by atoms with Crippen molar-refractivity contribution in [2.75, 3.05) is 16.8 Å². The van der Waals surface area contributed by atoms with Crippen LogP contribution in [-0.2, 0) is 22.4 Å². The highest BCUT2D eigenvalue weighted by Crippen LogP contribution is 2.22. The fourth-order valence-corrected chi connectivity index (χ4v) is 2.90. The molecule has 0 radical (unpaired) electrons. The quantitative estimate of drug-likeness (QED) is 0.823. The molecule has 0 fully saturated rings. The monoisotopic (exact) mass is 338 g/mol. The Hall–Kier alpha value is -2.62. The highest BCUT2D eigenvalue weighted by molar-refractivity contribution is 5.95. The number of para-hydroxylation sites is 2. The van der Waals surface area contributed by atoms with Gasteiger partial charge in [-0.15, -0.1) is 0 Å². The molecule has 2 aromatic carbocycles. The highest BCUT2D eigenvalue weighted by atomic mass is 16.2. The third kappa shape index (κ3) is 4.92. The molecule has 0 aliphatic carbocycles. The second-order valence-corrected chi connectivity index (χ2v) is 5.96. The molecule has 0 saturated heterocycles. The predicted molar refractivity (Wildman–Crippen MR) is 103 cm³/mol. The normalized spacial score (nSPS) is 10.4. The summed E-state index contributed by atoms with van der Waals surface area (Å²) >= 11 is 0. The number of nitrogens with zero attached hydrogens (tertiary/aromatic N) is 1. The molecule has 0 aliphatic rings. The van der Waals surface area contributed by atoms with Gasteiger partial charge in [0.05, 0.1) is 0 Å². The Labute approximate surface area is 149 Å².